The Bertz CT molecular complexity index is 1410. The normalized spacial score (nSPS) is 11.7. The summed E-state index contributed by atoms with van der Waals surface area (Å²) in [5.74, 6) is -0.855. The summed E-state index contributed by atoms with van der Waals surface area (Å²) in [5, 5.41) is 28.2. The maximum atomic E-state index is 12.9. The molecule has 0 saturated heterocycles. The van der Waals surface area contributed by atoms with E-state index in [4.69, 9.17) is 5.11 Å². The highest BCUT2D eigenvalue weighted by atomic mass is 32.2. The van der Waals surface area contributed by atoms with Gasteiger partial charge in [-0.25, -0.2) is 8.42 Å². The fraction of sp³-hybridized carbons (Fsp3) is 0.174. The van der Waals surface area contributed by atoms with E-state index >= 15 is 0 Å². The molecule has 0 unspecified atom stereocenters. The van der Waals surface area contributed by atoms with Crippen LogP contribution in [0.4, 0.5) is 0 Å². The van der Waals surface area contributed by atoms with E-state index in [1.54, 1.807) is 43.3 Å². The molecule has 0 spiro atoms. The number of benzene rings is 3. The van der Waals surface area contributed by atoms with Crippen LogP contribution >= 0.6 is 0 Å². The molecule has 4 aromatic rings. The van der Waals surface area contributed by atoms with Crippen molar-refractivity contribution in [1.29, 1.82) is 0 Å². The molecule has 0 amide bonds. The van der Waals surface area contributed by atoms with Gasteiger partial charge in [0.1, 0.15) is 22.5 Å². The molecule has 1 heterocycles. The number of fused-ring (bicyclic) bond motifs is 1. The zero-order valence-corrected chi connectivity index (χ0v) is 18.1. The number of nitrogens with zero attached hydrogens (tertiary/aromatic N) is 3. The highest BCUT2D eigenvalue weighted by Gasteiger charge is 2.19. The Hall–Kier alpha value is -3.72. The predicted molar refractivity (Wildman–Crippen MR) is 118 cm³/mol. The molecule has 32 heavy (non-hydrogen) atoms. The summed E-state index contributed by atoms with van der Waals surface area (Å²) in [7, 11) is -3.70. The number of phenolic OH excluding ortho intramolecular Hbond substituents is 1. The highest BCUT2D eigenvalue weighted by Crippen LogP contribution is 2.29. The fourth-order valence-electron chi connectivity index (χ4n) is 3.48. The van der Waals surface area contributed by atoms with Crippen LogP contribution in [0.15, 0.2) is 70.5 Å². The molecule has 0 aliphatic rings. The van der Waals surface area contributed by atoms with Gasteiger partial charge in [0.05, 0.1) is 9.79 Å². The molecule has 9 heteroatoms. The standard InChI is InChI=1S/C23H21N3O5S/c1-15-12-16(6-5-9-22(27)28)13-21(23(15)29)26-24-19-11-10-18(14-20(19)25-26)32(30,31)17-7-3-2-4-8-17/h2-4,7-8,10-14,29H,5-6,9H2,1H3,(H,27,28). The van der Waals surface area contributed by atoms with Gasteiger partial charge >= 0.3 is 5.97 Å². The van der Waals surface area contributed by atoms with Crippen LogP contribution in [0.2, 0.25) is 0 Å². The number of carboxylic acids is 1. The maximum Gasteiger partial charge on any atom is 0.303 e. The number of aromatic nitrogens is 3. The first-order valence-corrected chi connectivity index (χ1v) is 11.5. The molecule has 0 bridgehead atoms. The van der Waals surface area contributed by atoms with Crippen LogP contribution in [0.5, 0.6) is 5.75 Å². The number of aliphatic carboxylic acids is 1. The van der Waals surface area contributed by atoms with E-state index < -0.39 is 15.8 Å². The molecule has 0 atom stereocenters. The monoisotopic (exact) mass is 451 g/mol. The number of hydrogen-bond donors (Lipinski definition) is 2. The number of hydrogen-bond acceptors (Lipinski definition) is 6. The van der Waals surface area contributed by atoms with E-state index in [0.29, 0.717) is 35.1 Å². The minimum atomic E-state index is -3.70. The lowest BCUT2D eigenvalue weighted by Gasteiger charge is -2.09. The third kappa shape index (κ3) is 4.19. The summed E-state index contributed by atoms with van der Waals surface area (Å²) in [6.07, 6.45) is 1.05. The zero-order chi connectivity index (χ0) is 22.9. The van der Waals surface area contributed by atoms with E-state index in [-0.39, 0.29) is 22.0 Å². The van der Waals surface area contributed by atoms with Gasteiger partial charge in [-0.1, -0.05) is 24.3 Å². The van der Waals surface area contributed by atoms with E-state index in [1.165, 1.54) is 29.1 Å². The van der Waals surface area contributed by atoms with Crippen LogP contribution in [0, 0.1) is 6.92 Å². The number of aryl methyl sites for hydroxylation is 2. The molecule has 3 aromatic carbocycles. The van der Waals surface area contributed by atoms with Gasteiger partial charge in [0.25, 0.3) is 0 Å². The van der Waals surface area contributed by atoms with Gasteiger partial charge in [0, 0.05) is 6.42 Å². The summed E-state index contributed by atoms with van der Waals surface area (Å²) in [6, 6.07) is 16.2. The number of carboxylic acid groups (broad SMARTS) is 1. The molecule has 4 rings (SSSR count). The van der Waals surface area contributed by atoms with Gasteiger partial charge in [0.15, 0.2) is 0 Å². The molecule has 8 nitrogen and oxygen atoms in total. The van der Waals surface area contributed by atoms with Gasteiger partial charge in [0.2, 0.25) is 9.84 Å². The van der Waals surface area contributed by atoms with Crippen molar-refractivity contribution in [2.45, 2.75) is 36.0 Å². The number of carbonyl (C=O) groups is 1. The second-order valence-corrected chi connectivity index (χ2v) is 9.43. The summed E-state index contributed by atoms with van der Waals surface area (Å²) in [6.45, 7) is 1.74. The number of aromatic hydroxyl groups is 1. The second kappa shape index (κ2) is 8.43. The smallest absolute Gasteiger partial charge is 0.303 e. The third-order valence-corrected chi connectivity index (χ3v) is 6.89. The summed E-state index contributed by atoms with van der Waals surface area (Å²) in [5.41, 5.74) is 2.66. The predicted octanol–water partition coefficient (Wildman–Crippen LogP) is 3.67. The van der Waals surface area contributed by atoms with E-state index in [2.05, 4.69) is 10.2 Å². The van der Waals surface area contributed by atoms with Crippen molar-refractivity contribution in [3.63, 3.8) is 0 Å². The minimum absolute atomic E-state index is 0.00409. The molecule has 0 saturated carbocycles. The zero-order valence-electron chi connectivity index (χ0n) is 17.3. The Morgan fingerprint density at radius 2 is 1.69 bits per heavy atom. The van der Waals surface area contributed by atoms with Crippen molar-refractivity contribution in [2.24, 2.45) is 0 Å². The van der Waals surface area contributed by atoms with Gasteiger partial charge in [-0.3, -0.25) is 4.79 Å². The van der Waals surface area contributed by atoms with Gasteiger partial charge < -0.3 is 10.2 Å². The molecule has 164 valence electrons. The Morgan fingerprint density at radius 1 is 0.969 bits per heavy atom. The van der Waals surface area contributed by atoms with Crippen LogP contribution in [0.3, 0.4) is 0 Å². The quantitative estimate of drug-likeness (QED) is 0.439. The average Bonchev–Trinajstić information content (AvgIpc) is 3.19. The molecular weight excluding hydrogens is 430 g/mol. The summed E-state index contributed by atoms with van der Waals surface area (Å²) < 4.78 is 25.8. The van der Waals surface area contributed by atoms with Crippen molar-refractivity contribution in [1.82, 2.24) is 15.0 Å². The topological polar surface area (TPSA) is 122 Å². The van der Waals surface area contributed by atoms with Gasteiger partial charge in [-0.15, -0.1) is 15.0 Å². The number of sulfone groups is 1. The first-order valence-electron chi connectivity index (χ1n) is 9.97. The first kappa shape index (κ1) is 21.5. The Labute approximate surface area is 184 Å². The number of phenols is 1. The largest absolute Gasteiger partial charge is 0.505 e. The molecule has 1 aromatic heterocycles. The molecule has 0 fully saturated rings. The molecule has 0 aliphatic heterocycles. The van der Waals surface area contributed by atoms with Crippen LogP contribution in [0.1, 0.15) is 24.0 Å². The second-order valence-electron chi connectivity index (χ2n) is 7.48. The first-order chi connectivity index (χ1) is 15.3. The lowest BCUT2D eigenvalue weighted by Crippen LogP contribution is -2.02. The summed E-state index contributed by atoms with van der Waals surface area (Å²) in [4.78, 5) is 12.3. The molecular formula is C23H21N3O5S. The highest BCUT2D eigenvalue weighted by molar-refractivity contribution is 7.91. The third-order valence-electron chi connectivity index (χ3n) is 5.13. The lowest BCUT2D eigenvalue weighted by atomic mass is 10.0. The van der Waals surface area contributed by atoms with Crippen molar-refractivity contribution in [2.75, 3.05) is 0 Å². The van der Waals surface area contributed by atoms with Gasteiger partial charge in [-0.2, -0.15) is 0 Å². The maximum absolute atomic E-state index is 12.9. The van der Waals surface area contributed by atoms with Crippen molar-refractivity contribution in [3.05, 3.63) is 71.8 Å². The van der Waals surface area contributed by atoms with Crippen LogP contribution in [0.25, 0.3) is 16.7 Å². The van der Waals surface area contributed by atoms with Crippen LogP contribution < -0.4 is 0 Å². The van der Waals surface area contributed by atoms with E-state index in [1.807, 2.05) is 0 Å². The van der Waals surface area contributed by atoms with Crippen molar-refractivity contribution < 1.29 is 23.4 Å². The Kier molecular flexibility index (Phi) is 5.67. The number of rotatable bonds is 7. The van der Waals surface area contributed by atoms with Crippen LogP contribution in [-0.4, -0.2) is 39.6 Å². The molecule has 0 radical (unpaired) electrons. The van der Waals surface area contributed by atoms with Crippen molar-refractivity contribution in [3.8, 4) is 11.4 Å². The molecule has 2 N–H and O–H groups in total. The van der Waals surface area contributed by atoms with Crippen LogP contribution in [-0.2, 0) is 21.1 Å². The van der Waals surface area contributed by atoms with Crippen molar-refractivity contribution >= 4 is 26.8 Å². The van der Waals surface area contributed by atoms with E-state index in [0.717, 1.165) is 5.56 Å². The van der Waals surface area contributed by atoms with E-state index in [9.17, 15) is 18.3 Å². The Balaban J connectivity index is 1.72. The lowest BCUT2D eigenvalue weighted by molar-refractivity contribution is -0.137. The summed E-state index contributed by atoms with van der Waals surface area (Å²) >= 11 is 0. The fourth-order valence-corrected chi connectivity index (χ4v) is 4.78. The molecule has 0 aliphatic carbocycles. The average molecular weight is 452 g/mol. The SMILES string of the molecule is Cc1cc(CCCC(=O)O)cc(-n2nc3ccc(S(=O)(=O)c4ccccc4)cc3n2)c1O. The minimum Gasteiger partial charge on any atom is -0.505 e. The Morgan fingerprint density at radius 3 is 2.41 bits per heavy atom. The van der Waals surface area contributed by atoms with Gasteiger partial charge in [-0.05, 0) is 67.3 Å².